The fraction of sp³-hybridized carbons (Fsp3) is 0.938. The number of amides is 2. The Labute approximate surface area is 140 Å². The first-order valence-electron chi connectivity index (χ1n) is 8.71. The van der Waals surface area contributed by atoms with Crippen molar-refractivity contribution in [3.63, 3.8) is 0 Å². The second kappa shape index (κ2) is 7.38. The van der Waals surface area contributed by atoms with Crippen molar-refractivity contribution in [3.05, 3.63) is 0 Å². The van der Waals surface area contributed by atoms with E-state index < -0.39 is 9.84 Å². The number of fused-ring (bicyclic) bond motifs is 1. The van der Waals surface area contributed by atoms with Crippen LogP contribution in [-0.4, -0.2) is 73.5 Å². The molecule has 0 aromatic rings. The molecule has 2 rings (SSSR count). The van der Waals surface area contributed by atoms with Crippen molar-refractivity contribution in [2.24, 2.45) is 5.92 Å². The number of sulfone groups is 1. The number of hydrogen-bond donors (Lipinski definition) is 1. The van der Waals surface area contributed by atoms with E-state index in [1.165, 1.54) is 0 Å². The van der Waals surface area contributed by atoms with Crippen molar-refractivity contribution >= 4 is 15.9 Å². The quantitative estimate of drug-likeness (QED) is 0.838. The van der Waals surface area contributed by atoms with Gasteiger partial charge < -0.3 is 10.2 Å². The summed E-state index contributed by atoms with van der Waals surface area (Å²) in [6, 6.07) is 0.0636. The summed E-state index contributed by atoms with van der Waals surface area (Å²) < 4.78 is 25.0. The number of nitrogens with zero attached hydrogens (tertiary/aromatic N) is 2. The molecule has 2 aliphatic rings. The third-order valence-corrected chi connectivity index (χ3v) is 6.92. The number of carbonyl (C=O) groups is 1. The molecule has 0 aliphatic carbocycles. The minimum absolute atomic E-state index is 0.0491. The average Bonchev–Trinajstić information content (AvgIpc) is 2.65. The Balaban J connectivity index is 2.12. The van der Waals surface area contributed by atoms with Crippen LogP contribution in [0.2, 0.25) is 0 Å². The smallest absolute Gasteiger partial charge is 0.317 e. The summed E-state index contributed by atoms with van der Waals surface area (Å²) in [7, 11) is -3.05. The molecule has 0 spiro atoms. The van der Waals surface area contributed by atoms with Gasteiger partial charge in [-0.05, 0) is 32.6 Å². The van der Waals surface area contributed by atoms with E-state index >= 15 is 0 Å². The first-order valence-corrected chi connectivity index (χ1v) is 10.4. The van der Waals surface area contributed by atoms with Crippen molar-refractivity contribution < 1.29 is 13.2 Å². The van der Waals surface area contributed by atoms with Crippen molar-refractivity contribution in [3.8, 4) is 0 Å². The molecule has 0 aromatic heterocycles. The molecule has 1 N–H and O–H groups in total. The molecule has 0 unspecified atom stereocenters. The molecule has 2 fully saturated rings. The lowest BCUT2D eigenvalue weighted by atomic mass is 10.0. The largest absolute Gasteiger partial charge is 0.336 e. The molecule has 0 bridgehead atoms. The van der Waals surface area contributed by atoms with Gasteiger partial charge in [0, 0.05) is 38.3 Å². The Bertz CT molecular complexity index is 519. The molecule has 23 heavy (non-hydrogen) atoms. The standard InChI is InChI=1S/C16H31N3O3S/c1-12(2)11-19-9-10-23(21,22)15-6-8-18(7-5-14(15)19)16(20)17-13(3)4/h12-15H,5-11H2,1-4H3,(H,17,20)/t14-,15-/m0/s1. The molecule has 0 aromatic carbocycles. The van der Waals surface area contributed by atoms with Crippen LogP contribution in [0.15, 0.2) is 0 Å². The van der Waals surface area contributed by atoms with Gasteiger partial charge in [0.05, 0.1) is 11.0 Å². The number of hydrogen-bond acceptors (Lipinski definition) is 4. The minimum atomic E-state index is -3.05. The van der Waals surface area contributed by atoms with E-state index in [0.29, 0.717) is 32.0 Å². The van der Waals surface area contributed by atoms with Crippen molar-refractivity contribution in [2.45, 2.75) is 57.9 Å². The highest BCUT2D eigenvalue weighted by molar-refractivity contribution is 7.92. The lowest BCUT2D eigenvalue weighted by molar-refractivity contribution is 0.159. The van der Waals surface area contributed by atoms with Gasteiger partial charge in [0.15, 0.2) is 9.84 Å². The van der Waals surface area contributed by atoms with Crippen molar-refractivity contribution in [2.75, 3.05) is 31.9 Å². The van der Waals surface area contributed by atoms with Crippen LogP contribution in [0.25, 0.3) is 0 Å². The molecule has 2 aliphatic heterocycles. The number of urea groups is 1. The van der Waals surface area contributed by atoms with E-state index in [0.717, 1.165) is 13.0 Å². The zero-order valence-electron chi connectivity index (χ0n) is 14.8. The summed E-state index contributed by atoms with van der Waals surface area (Å²) >= 11 is 0. The Hall–Kier alpha value is -0.820. The minimum Gasteiger partial charge on any atom is -0.336 e. The molecular formula is C16H31N3O3S. The summed E-state index contributed by atoms with van der Waals surface area (Å²) in [6.07, 6.45) is 1.29. The van der Waals surface area contributed by atoms with E-state index in [2.05, 4.69) is 24.1 Å². The van der Waals surface area contributed by atoms with Gasteiger partial charge in [-0.2, -0.15) is 0 Å². The van der Waals surface area contributed by atoms with Gasteiger partial charge in [0.2, 0.25) is 0 Å². The van der Waals surface area contributed by atoms with E-state index in [1.54, 1.807) is 4.90 Å². The van der Waals surface area contributed by atoms with Crippen LogP contribution in [0, 0.1) is 5.92 Å². The predicted molar refractivity (Wildman–Crippen MR) is 92.2 cm³/mol. The molecule has 2 heterocycles. The highest BCUT2D eigenvalue weighted by atomic mass is 32.2. The van der Waals surface area contributed by atoms with Gasteiger partial charge in [0.1, 0.15) is 0 Å². The third-order valence-electron chi connectivity index (χ3n) is 4.70. The number of rotatable bonds is 3. The predicted octanol–water partition coefficient (Wildman–Crippen LogP) is 1.32. The van der Waals surface area contributed by atoms with Crippen LogP contribution < -0.4 is 5.32 Å². The Kier molecular flexibility index (Phi) is 5.94. The normalized spacial score (nSPS) is 28.5. The summed E-state index contributed by atoms with van der Waals surface area (Å²) in [4.78, 5) is 16.4. The maximum Gasteiger partial charge on any atom is 0.317 e. The molecular weight excluding hydrogens is 314 g/mol. The van der Waals surface area contributed by atoms with Gasteiger partial charge in [0.25, 0.3) is 0 Å². The van der Waals surface area contributed by atoms with E-state index in [-0.39, 0.29) is 29.1 Å². The molecule has 134 valence electrons. The fourth-order valence-corrected chi connectivity index (χ4v) is 5.74. The number of likely N-dealkylation sites (tertiary alicyclic amines) is 1. The van der Waals surface area contributed by atoms with Gasteiger partial charge in [-0.1, -0.05) is 13.8 Å². The van der Waals surface area contributed by atoms with Crippen molar-refractivity contribution in [1.82, 2.24) is 15.1 Å². The van der Waals surface area contributed by atoms with Crippen LogP contribution in [-0.2, 0) is 9.84 Å². The van der Waals surface area contributed by atoms with Crippen LogP contribution in [0.3, 0.4) is 0 Å². The molecule has 7 heteroatoms. The van der Waals surface area contributed by atoms with Crippen LogP contribution in [0.1, 0.15) is 40.5 Å². The number of carbonyl (C=O) groups excluding carboxylic acids is 1. The molecule has 2 atom stereocenters. The van der Waals surface area contributed by atoms with Crippen LogP contribution in [0.5, 0.6) is 0 Å². The Morgan fingerprint density at radius 3 is 2.39 bits per heavy atom. The van der Waals surface area contributed by atoms with Gasteiger partial charge in [-0.3, -0.25) is 4.90 Å². The Morgan fingerprint density at radius 1 is 1.13 bits per heavy atom. The average molecular weight is 346 g/mol. The van der Waals surface area contributed by atoms with Crippen molar-refractivity contribution in [1.29, 1.82) is 0 Å². The zero-order valence-corrected chi connectivity index (χ0v) is 15.6. The van der Waals surface area contributed by atoms with Gasteiger partial charge in [-0.25, -0.2) is 13.2 Å². The summed E-state index contributed by atoms with van der Waals surface area (Å²) in [5, 5.41) is 2.58. The molecule has 2 amide bonds. The highest BCUT2D eigenvalue weighted by Gasteiger charge is 2.43. The first kappa shape index (κ1) is 18.5. The number of nitrogens with one attached hydrogen (secondary N) is 1. The molecule has 0 radical (unpaired) electrons. The van der Waals surface area contributed by atoms with E-state index in [9.17, 15) is 13.2 Å². The lowest BCUT2D eigenvalue weighted by Gasteiger charge is -2.40. The van der Waals surface area contributed by atoms with Crippen LogP contribution >= 0.6 is 0 Å². The first-order chi connectivity index (χ1) is 10.7. The monoisotopic (exact) mass is 345 g/mol. The van der Waals surface area contributed by atoms with Crippen LogP contribution in [0.4, 0.5) is 4.79 Å². The second-order valence-corrected chi connectivity index (χ2v) is 9.87. The molecule has 2 saturated heterocycles. The molecule has 6 nitrogen and oxygen atoms in total. The molecule has 0 saturated carbocycles. The maximum absolute atomic E-state index is 12.5. The highest BCUT2D eigenvalue weighted by Crippen LogP contribution is 2.28. The summed E-state index contributed by atoms with van der Waals surface area (Å²) in [5.41, 5.74) is 0. The maximum atomic E-state index is 12.5. The Morgan fingerprint density at radius 2 is 1.78 bits per heavy atom. The van der Waals surface area contributed by atoms with E-state index in [1.807, 2.05) is 13.8 Å². The lowest BCUT2D eigenvalue weighted by Crippen LogP contribution is -2.55. The van der Waals surface area contributed by atoms with E-state index in [4.69, 9.17) is 0 Å². The van der Waals surface area contributed by atoms with Gasteiger partial charge in [-0.15, -0.1) is 0 Å². The third kappa shape index (κ3) is 4.59. The second-order valence-electron chi connectivity index (χ2n) is 7.53. The summed E-state index contributed by atoms with van der Waals surface area (Å²) in [5.74, 6) is 0.763. The topological polar surface area (TPSA) is 69.7 Å². The van der Waals surface area contributed by atoms with Gasteiger partial charge >= 0.3 is 6.03 Å². The zero-order chi connectivity index (χ0) is 17.2. The SMILES string of the molecule is CC(C)CN1CCS(=O)(=O)[C@H]2CCN(C(=O)NC(C)C)CC[C@@H]21. The fourth-order valence-electron chi connectivity index (χ4n) is 3.70. The summed E-state index contributed by atoms with van der Waals surface area (Å²) in [6.45, 7) is 10.9.